The van der Waals surface area contributed by atoms with Gasteiger partial charge in [0.25, 0.3) is 5.56 Å². The van der Waals surface area contributed by atoms with E-state index in [9.17, 15) is 9.59 Å². The van der Waals surface area contributed by atoms with Gasteiger partial charge in [-0.15, -0.1) is 0 Å². The molecule has 11 nitrogen and oxygen atoms in total. The minimum absolute atomic E-state index is 0.0805. The summed E-state index contributed by atoms with van der Waals surface area (Å²) in [6.45, 7) is 4.31. The molecule has 0 radical (unpaired) electrons. The van der Waals surface area contributed by atoms with Crippen molar-refractivity contribution in [1.82, 2.24) is 24.8 Å². The minimum atomic E-state index is -0.528. The fourth-order valence-electron chi connectivity index (χ4n) is 4.55. The number of benzene rings is 1. The first kappa shape index (κ1) is 27.9. The van der Waals surface area contributed by atoms with Gasteiger partial charge in [0.1, 0.15) is 27.2 Å². The Bertz CT molecular complexity index is 1680. The summed E-state index contributed by atoms with van der Waals surface area (Å²) in [5, 5.41) is 7.19. The highest BCUT2D eigenvalue weighted by Crippen LogP contribution is 2.43. The standard InChI is InChI=1S/C26H23Cl3N6O5/c1-4-19(36)32-15-5-6-40-11-16(15)33-26-31-10-14-22(34-26)13-7-12(27)9-30-24(13)35(25(14)37)23-20(28)17(38-2)8-18(39-3)21(23)29/h4,7-10,15-16H,1,5-6,11H2,2-3H3,(H,32,36)(H,31,33,34). The van der Waals surface area contributed by atoms with Crippen molar-refractivity contribution in [2.75, 3.05) is 32.8 Å². The van der Waals surface area contributed by atoms with Crippen molar-refractivity contribution in [3.05, 3.63) is 62.6 Å². The van der Waals surface area contributed by atoms with Crippen LogP contribution >= 0.6 is 34.8 Å². The van der Waals surface area contributed by atoms with Crippen LogP contribution in [0.4, 0.5) is 5.95 Å². The molecular formula is C26H23Cl3N6O5. The maximum absolute atomic E-state index is 14.0. The molecule has 1 aromatic carbocycles. The largest absolute Gasteiger partial charge is 0.495 e. The summed E-state index contributed by atoms with van der Waals surface area (Å²) < 4.78 is 17.6. The van der Waals surface area contributed by atoms with Gasteiger partial charge in [0.2, 0.25) is 11.9 Å². The number of amides is 1. The quantitative estimate of drug-likeness (QED) is 0.235. The van der Waals surface area contributed by atoms with Crippen molar-refractivity contribution < 1.29 is 19.0 Å². The second kappa shape index (κ2) is 11.5. The molecule has 5 rings (SSSR count). The SMILES string of the molecule is C=CC(=O)NC1CCOCC1Nc1ncc2c(=O)n(-c3c(Cl)c(OC)cc(OC)c3Cl)c3ncc(Cl)cc3c2n1. The molecule has 2 atom stereocenters. The van der Waals surface area contributed by atoms with Gasteiger partial charge in [-0.25, -0.2) is 15.0 Å². The summed E-state index contributed by atoms with van der Waals surface area (Å²) >= 11 is 19.6. The number of carbonyl (C=O) groups is 1. The van der Waals surface area contributed by atoms with E-state index in [0.717, 1.165) is 0 Å². The van der Waals surface area contributed by atoms with Crippen LogP contribution < -0.4 is 25.7 Å². The van der Waals surface area contributed by atoms with Crippen LogP contribution in [0, 0.1) is 0 Å². The molecule has 0 bridgehead atoms. The Balaban J connectivity index is 1.70. The summed E-state index contributed by atoms with van der Waals surface area (Å²) in [7, 11) is 2.87. The summed E-state index contributed by atoms with van der Waals surface area (Å²) in [6, 6.07) is 2.58. The topological polar surface area (TPSA) is 129 Å². The number of hydrogen-bond donors (Lipinski definition) is 2. The monoisotopic (exact) mass is 604 g/mol. The molecular weight excluding hydrogens is 583 g/mol. The van der Waals surface area contributed by atoms with E-state index in [4.69, 9.17) is 49.0 Å². The number of carbonyl (C=O) groups excluding carboxylic acids is 1. The van der Waals surface area contributed by atoms with Gasteiger partial charge in [-0.1, -0.05) is 41.4 Å². The van der Waals surface area contributed by atoms with E-state index in [1.165, 1.54) is 43.3 Å². The van der Waals surface area contributed by atoms with E-state index in [1.54, 1.807) is 6.07 Å². The molecule has 2 unspecified atom stereocenters. The number of methoxy groups -OCH3 is 2. The first-order valence-corrected chi connectivity index (χ1v) is 13.1. The van der Waals surface area contributed by atoms with Gasteiger partial charge in [-0.3, -0.25) is 14.2 Å². The highest BCUT2D eigenvalue weighted by atomic mass is 35.5. The number of halogens is 3. The molecule has 0 aliphatic carbocycles. The van der Waals surface area contributed by atoms with Crippen molar-refractivity contribution in [2.45, 2.75) is 18.5 Å². The zero-order valence-corrected chi connectivity index (χ0v) is 23.6. The van der Waals surface area contributed by atoms with Crippen LogP contribution in [0.5, 0.6) is 11.5 Å². The van der Waals surface area contributed by atoms with Crippen LogP contribution in [0.2, 0.25) is 15.1 Å². The van der Waals surface area contributed by atoms with Crippen molar-refractivity contribution in [3.63, 3.8) is 0 Å². The third kappa shape index (κ3) is 5.01. The number of ether oxygens (including phenoxy) is 3. The summed E-state index contributed by atoms with van der Waals surface area (Å²) in [4.78, 5) is 39.3. The number of nitrogens with zero attached hydrogens (tertiary/aromatic N) is 4. The molecule has 208 valence electrons. The molecule has 2 N–H and O–H groups in total. The zero-order chi connectivity index (χ0) is 28.6. The smallest absolute Gasteiger partial charge is 0.267 e. The fraction of sp³-hybridized carbons (Fsp3) is 0.269. The molecule has 1 saturated heterocycles. The maximum atomic E-state index is 14.0. The highest BCUT2D eigenvalue weighted by molar-refractivity contribution is 6.40. The molecule has 0 saturated carbocycles. The van der Waals surface area contributed by atoms with Crippen molar-refractivity contribution in [2.24, 2.45) is 0 Å². The normalized spacial score (nSPS) is 17.0. The lowest BCUT2D eigenvalue weighted by atomic mass is 10.0. The summed E-state index contributed by atoms with van der Waals surface area (Å²) in [5.74, 6) is 0.418. The molecule has 1 aliphatic heterocycles. The predicted octanol–water partition coefficient (Wildman–Crippen LogP) is 4.18. The summed E-state index contributed by atoms with van der Waals surface area (Å²) in [5.41, 5.74) is 0.0887. The van der Waals surface area contributed by atoms with Crippen LogP contribution in [0.3, 0.4) is 0 Å². The Hall–Kier alpha value is -3.64. The lowest BCUT2D eigenvalue weighted by molar-refractivity contribution is -0.117. The summed E-state index contributed by atoms with van der Waals surface area (Å²) in [6.07, 6.45) is 4.59. The Kier molecular flexibility index (Phi) is 7.99. The molecule has 4 heterocycles. The number of hydrogen-bond acceptors (Lipinski definition) is 9. The maximum Gasteiger partial charge on any atom is 0.267 e. The highest BCUT2D eigenvalue weighted by Gasteiger charge is 2.28. The van der Waals surface area contributed by atoms with Crippen molar-refractivity contribution in [3.8, 4) is 17.2 Å². The van der Waals surface area contributed by atoms with E-state index < -0.39 is 5.56 Å². The zero-order valence-electron chi connectivity index (χ0n) is 21.3. The van der Waals surface area contributed by atoms with Gasteiger partial charge in [0.15, 0.2) is 0 Å². The van der Waals surface area contributed by atoms with Gasteiger partial charge in [-0.05, 0) is 18.6 Å². The third-order valence-corrected chi connectivity index (χ3v) is 7.42. The lowest BCUT2D eigenvalue weighted by Crippen LogP contribution is -2.52. The minimum Gasteiger partial charge on any atom is -0.495 e. The van der Waals surface area contributed by atoms with Crippen molar-refractivity contribution >= 4 is 68.6 Å². The third-order valence-electron chi connectivity index (χ3n) is 6.48. The average molecular weight is 606 g/mol. The molecule has 40 heavy (non-hydrogen) atoms. The van der Waals surface area contributed by atoms with Gasteiger partial charge < -0.3 is 24.8 Å². The second-order valence-electron chi connectivity index (χ2n) is 8.81. The van der Waals surface area contributed by atoms with Crippen molar-refractivity contribution in [1.29, 1.82) is 0 Å². The Morgan fingerprint density at radius 3 is 2.50 bits per heavy atom. The number of rotatable bonds is 7. The van der Waals surface area contributed by atoms with Gasteiger partial charge >= 0.3 is 0 Å². The molecule has 0 spiro atoms. The lowest BCUT2D eigenvalue weighted by Gasteiger charge is -2.32. The van der Waals surface area contributed by atoms with E-state index in [1.807, 2.05) is 0 Å². The fourth-order valence-corrected chi connectivity index (χ4v) is 5.38. The van der Waals surface area contributed by atoms with Crippen LogP contribution in [0.1, 0.15) is 6.42 Å². The van der Waals surface area contributed by atoms with E-state index in [-0.39, 0.29) is 62.2 Å². The Morgan fingerprint density at radius 1 is 1.10 bits per heavy atom. The van der Waals surface area contributed by atoms with E-state index in [0.29, 0.717) is 35.6 Å². The number of fused-ring (bicyclic) bond motifs is 3. The first-order valence-electron chi connectivity index (χ1n) is 12.0. The van der Waals surface area contributed by atoms with E-state index >= 15 is 0 Å². The molecule has 4 aromatic rings. The first-order chi connectivity index (χ1) is 19.3. The number of aromatic nitrogens is 4. The molecule has 3 aromatic heterocycles. The number of anilines is 1. The predicted molar refractivity (Wildman–Crippen MR) is 154 cm³/mol. The number of nitrogens with one attached hydrogen (secondary N) is 2. The molecule has 1 aliphatic rings. The molecule has 1 amide bonds. The Morgan fingerprint density at radius 2 is 1.82 bits per heavy atom. The van der Waals surface area contributed by atoms with Crippen LogP contribution in [0.25, 0.3) is 27.6 Å². The van der Waals surface area contributed by atoms with Crippen LogP contribution in [-0.4, -0.2) is 64.9 Å². The average Bonchev–Trinajstić information content (AvgIpc) is 2.96. The van der Waals surface area contributed by atoms with Crippen LogP contribution in [-0.2, 0) is 9.53 Å². The van der Waals surface area contributed by atoms with Gasteiger partial charge in [-0.2, -0.15) is 0 Å². The van der Waals surface area contributed by atoms with Gasteiger partial charge in [0.05, 0.1) is 54.5 Å². The van der Waals surface area contributed by atoms with Crippen LogP contribution in [0.15, 0.2) is 42.0 Å². The molecule has 14 heteroatoms. The van der Waals surface area contributed by atoms with E-state index in [2.05, 4.69) is 32.2 Å². The second-order valence-corrected chi connectivity index (χ2v) is 10.0. The number of pyridine rings is 2. The Labute approximate surface area is 243 Å². The molecule has 1 fully saturated rings. The van der Waals surface area contributed by atoms with Gasteiger partial charge in [0, 0.05) is 30.5 Å².